The first-order valence-electron chi connectivity index (χ1n) is 9.00. The van der Waals surface area contributed by atoms with E-state index in [0.29, 0.717) is 13.0 Å². The maximum atomic E-state index is 12.1. The fourth-order valence-corrected chi connectivity index (χ4v) is 6.53. The van der Waals surface area contributed by atoms with Crippen LogP contribution in [0.15, 0.2) is 0 Å². The lowest BCUT2D eigenvalue weighted by Gasteiger charge is -2.32. The molecule has 0 aromatic carbocycles. The molecule has 1 radical (unpaired) electrons. The number of rotatable bonds is 15. The number of hydrogen-bond acceptors (Lipinski definition) is 13. The smallest absolute Gasteiger partial charge is 0.279 e. The van der Waals surface area contributed by atoms with Gasteiger partial charge < -0.3 is 28.7 Å². The molecular formula is C12H22BO12P3S2-3. The molecule has 175 valence electrons. The standard InChI is InChI=1S/C12H24BO12P3S2/c1-4-21-10-5-12(13-6-9(14)8-30-29-3)23-11(10)7-22-26(2,15)24-28(19,20)25-27(16,17)18/h10-12H,2,4-8H2,1,3H3,(H,19,20)(H2,16,17,18)/q-1/p-2/t10?,11-,12-,26?/m1/s1/i3D. The van der Waals surface area contributed by atoms with Gasteiger partial charge in [-0.2, -0.15) is 0 Å². The first-order chi connectivity index (χ1) is 14.3. The van der Waals surface area contributed by atoms with Gasteiger partial charge in [0.25, 0.3) is 15.6 Å². The molecule has 18 heteroatoms. The van der Waals surface area contributed by atoms with E-state index < -0.39 is 48.1 Å². The average molecular weight is 527 g/mol. The van der Waals surface area contributed by atoms with Crippen molar-refractivity contribution in [2.45, 2.75) is 37.9 Å². The number of Topliss-reactive ketones (excluding diaryl/α,β-unsaturated/α-hetero) is 1. The van der Waals surface area contributed by atoms with E-state index in [1.54, 1.807) is 14.2 Å². The SMILES string of the molecule is [2H]CSSCC(=O)C[B][C@H]1CC(OCC)[C@@H](COP([CH2-])(=O)OP(=O)([O-])OP(=O)([O-])O)O1. The van der Waals surface area contributed by atoms with Crippen molar-refractivity contribution < 1.29 is 57.2 Å². The van der Waals surface area contributed by atoms with Gasteiger partial charge in [0.2, 0.25) is 0 Å². The number of carbonyl (C=O) groups excluding carboxylic acids is 1. The highest BCUT2D eigenvalue weighted by atomic mass is 33.1. The zero-order valence-corrected chi connectivity index (χ0v) is 20.2. The number of ether oxygens (including phenoxy) is 2. The molecule has 1 rings (SSSR count). The van der Waals surface area contributed by atoms with Crippen LogP contribution < -0.4 is 9.79 Å². The van der Waals surface area contributed by atoms with Crippen molar-refractivity contribution in [3.8, 4) is 0 Å². The van der Waals surface area contributed by atoms with Gasteiger partial charge in [-0.05, 0) is 25.9 Å². The number of ketones is 1. The molecule has 0 spiro atoms. The number of carbonyl (C=O) groups is 1. The monoisotopic (exact) mass is 527 g/mol. The van der Waals surface area contributed by atoms with Crippen molar-refractivity contribution in [3.63, 3.8) is 0 Å². The summed E-state index contributed by atoms with van der Waals surface area (Å²) in [5.74, 6) is 0.195. The molecule has 0 aliphatic carbocycles. The third kappa shape index (κ3) is 12.2. The van der Waals surface area contributed by atoms with Gasteiger partial charge in [-0.15, -0.1) is 0 Å². The Bertz CT molecular complexity index is 727. The summed E-state index contributed by atoms with van der Waals surface area (Å²) in [7, 11) is -11.9. The maximum Gasteiger partial charge on any atom is 0.279 e. The molecule has 12 nitrogen and oxygen atoms in total. The van der Waals surface area contributed by atoms with Gasteiger partial charge in [0.05, 0.1) is 18.5 Å². The molecule has 0 amide bonds. The van der Waals surface area contributed by atoms with Crippen LogP contribution in [0.1, 0.15) is 14.7 Å². The molecule has 1 N–H and O–H groups in total. The van der Waals surface area contributed by atoms with Crippen LogP contribution in [0.5, 0.6) is 0 Å². The quantitative estimate of drug-likeness (QED) is 0.105. The lowest BCUT2D eigenvalue weighted by atomic mass is 9.66. The molecule has 1 saturated heterocycles. The van der Waals surface area contributed by atoms with Crippen LogP contribution in [0.2, 0.25) is 6.32 Å². The Balaban J connectivity index is 2.57. The van der Waals surface area contributed by atoms with E-state index in [0.717, 1.165) is 0 Å². The van der Waals surface area contributed by atoms with Crippen LogP contribution in [0.4, 0.5) is 0 Å². The van der Waals surface area contributed by atoms with Gasteiger partial charge in [0, 0.05) is 14.0 Å². The van der Waals surface area contributed by atoms with Crippen LogP contribution >= 0.6 is 44.8 Å². The van der Waals surface area contributed by atoms with Crippen molar-refractivity contribution in [1.29, 1.82) is 0 Å². The van der Waals surface area contributed by atoms with Crippen molar-refractivity contribution >= 4 is 57.9 Å². The Morgan fingerprint density at radius 1 is 1.40 bits per heavy atom. The maximum absolute atomic E-state index is 12.1. The summed E-state index contributed by atoms with van der Waals surface area (Å²) < 4.78 is 64.4. The van der Waals surface area contributed by atoms with E-state index in [2.05, 4.69) is 15.3 Å². The molecule has 1 aliphatic heterocycles. The summed E-state index contributed by atoms with van der Waals surface area (Å²) in [4.78, 5) is 42.1. The van der Waals surface area contributed by atoms with Gasteiger partial charge in [-0.1, -0.05) is 21.6 Å². The molecule has 4 unspecified atom stereocenters. The Morgan fingerprint density at radius 3 is 2.70 bits per heavy atom. The van der Waals surface area contributed by atoms with Gasteiger partial charge in [-0.25, -0.2) is 11.0 Å². The molecule has 0 aromatic rings. The van der Waals surface area contributed by atoms with E-state index >= 15 is 0 Å². The van der Waals surface area contributed by atoms with E-state index in [-0.39, 0.29) is 24.1 Å². The first-order valence-corrected chi connectivity index (χ1v) is 15.5. The average Bonchev–Trinajstić information content (AvgIpc) is 2.98. The molecular weight excluding hydrogens is 504 g/mol. The van der Waals surface area contributed by atoms with Crippen molar-refractivity contribution in [2.75, 3.05) is 25.2 Å². The Labute approximate surface area is 184 Å². The molecule has 30 heavy (non-hydrogen) atoms. The summed E-state index contributed by atoms with van der Waals surface area (Å²) in [6.45, 7) is 4.52. The minimum Gasteiger partial charge on any atom is -0.756 e. The fraction of sp³-hybridized carbons (Fsp3) is 0.833. The highest BCUT2D eigenvalue weighted by molar-refractivity contribution is 8.76. The zero-order chi connectivity index (χ0) is 23.7. The molecule has 0 aromatic heterocycles. The molecule has 0 bridgehead atoms. The second kappa shape index (κ2) is 12.9. The Kier molecular flexibility index (Phi) is 11.6. The molecule has 6 atom stereocenters. The molecule has 1 aliphatic rings. The summed E-state index contributed by atoms with van der Waals surface area (Å²) in [6.07, 6.45) is -0.691. The highest BCUT2D eigenvalue weighted by Crippen LogP contribution is 2.64. The van der Waals surface area contributed by atoms with Crippen LogP contribution in [0.25, 0.3) is 0 Å². The highest BCUT2D eigenvalue weighted by Gasteiger charge is 2.37. The number of phosphoric acid groups is 2. The second-order valence-electron chi connectivity index (χ2n) is 5.79. The third-order valence-electron chi connectivity index (χ3n) is 3.38. The second-order valence-corrected chi connectivity index (χ2v) is 12.6. The van der Waals surface area contributed by atoms with Crippen molar-refractivity contribution in [3.05, 3.63) is 6.66 Å². The zero-order valence-electron chi connectivity index (χ0n) is 16.9. The topological polar surface area (TPSA) is 181 Å². The van der Waals surface area contributed by atoms with Gasteiger partial charge in [0.15, 0.2) is 14.9 Å². The minimum atomic E-state index is -5.73. The fourth-order valence-electron chi connectivity index (χ4n) is 2.37. The van der Waals surface area contributed by atoms with E-state index in [1.807, 2.05) is 0 Å². The Morgan fingerprint density at radius 2 is 2.10 bits per heavy atom. The summed E-state index contributed by atoms with van der Waals surface area (Å²) in [5, 5.41) is 0. The lowest BCUT2D eigenvalue weighted by Crippen LogP contribution is -2.29. The van der Waals surface area contributed by atoms with Crippen molar-refractivity contribution in [1.82, 2.24) is 0 Å². The predicted octanol–water partition coefficient (Wildman–Crippen LogP) is 1.17. The summed E-state index contributed by atoms with van der Waals surface area (Å²) >= 11 is 0. The minimum absolute atomic E-state index is 0.0522. The van der Waals surface area contributed by atoms with Gasteiger partial charge in [-0.3, -0.25) is 22.8 Å². The summed E-state index contributed by atoms with van der Waals surface area (Å²) in [5.41, 5.74) is 0. The van der Waals surface area contributed by atoms with E-state index in [1.165, 1.54) is 21.6 Å². The van der Waals surface area contributed by atoms with Crippen LogP contribution in [-0.2, 0) is 41.1 Å². The van der Waals surface area contributed by atoms with Crippen LogP contribution in [0, 0.1) is 6.66 Å². The molecule has 0 saturated carbocycles. The molecule has 1 heterocycles. The number of hydrogen-bond donors (Lipinski definition) is 1. The normalized spacial score (nSPS) is 28.2. The third-order valence-corrected chi connectivity index (χ3v) is 8.81. The first kappa shape index (κ1) is 27.1. The van der Waals surface area contributed by atoms with Crippen LogP contribution in [-0.4, -0.2) is 61.4 Å². The van der Waals surface area contributed by atoms with Gasteiger partial charge in [0.1, 0.15) is 11.9 Å². The van der Waals surface area contributed by atoms with Crippen molar-refractivity contribution in [2.24, 2.45) is 0 Å². The molecule has 1 fully saturated rings. The van der Waals surface area contributed by atoms with Gasteiger partial charge >= 0.3 is 0 Å². The Hall–Kier alpha value is 0.805. The lowest BCUT2D eigenvalue weighted by molar-refractivity contribution is -0.236. The predicted molar refractivity (Wildman–Crippen MR) is 109 cm³/mol. The van der Waals surface area contributed by atoms with E-state index in [9.17, 15) is 28.3 Å². The van der Waals surface area contributed by atoms with E-state index in [4.69, 9.17) is 20.3 Å². The summed E-state index contributed by atoms with van der Waals surface area (Å²) in [6, 6.07) is -0.484. The largest absolute Gasteiger partial charge is 0.756 e. The van der Waals surface area contributed by atoms with Crippen LogP contribution in [0.3, 0.4) is 0 Å².